The summed E-state index contributed by atoms with van der Waals surface area (Å²) >= 11 is 0. The molecule has 0 aliphatic heterocycles. The molecule has 0 unspecified atom stereocenters. The first-order chi connectivity index (χ1) is 11.0. The Morgan fingerprint density at radius 2 is 2.00 bits per heavy atom. The number of rotatable bonds is 4. The van der Waals surface area contributed by atoms with Crippen molar-refractivity contribution >= 4 is 0 Å². The highest BCUT2D eigenvalue weighted by molar-refractivity contribution is 5.64. The van der Waals surface area contributed by atoms with Crippen LogP contribution in [0.3, 0.4) is 0 Å². The zero-order valence-corrected chi connectivity index (χ0v) is 12.1. The summed E-state index contributed by atoms with van der Waals surface area (Å²) in [5, 5.41) is 9.10. The lowest BCUT2D eigenvalue weighted by Gasteiger charge is -2.10. The average molecular weight is 318 g/mol. The number of aromatic nitrogens is 1. The second-order valence-corrected chi connectivity index (χ2v) is 5.52. The summed E-state index contributed by atoms with van der Waals surface area (Å²) in [6, 6.07) is 10.4. The Morgan fingerprint density at radius 1 is 1.22 bits per heavy atom. The molecule has 2 aromatic rings. The topological polar surface area (TPSA) is 45.9 Å². The van der Waals surface area contributed by atoms with Gasteiger partial charge in [0.1, 0.15) is 11.4 Å². The summed E-state index contributed by atoms with van der Waals surface area (Å²) in [7, 11) is 0. The molecule has 6 heteroatoms. The maximum absolute atomic E-state index is 12.8. The highest BCUT2D eigenvalue weighted by Gasteiger charge is 2.32. The van der Waals surface area contributed by atoms with Gasteiger partial charge in [0.2, 0.25) is 0 Å². The van der Waals surface area contributed by atoms with Gasteiger partial charge in [0, 0.05) is 5.56 Å². The lowest BCUT2D eigenvalue weighted by molar-refractivity contribution is -0.141. The van der Waals surface area contributed by atoms with Crippen LogP contribution in [-0.4, -0.2) is 11.6 Å². The van der Waals surface area contributed by atoms with Gasteiger partial charge in [-0.2, -0.15) is 18.4 Å². The fraction of sp³-hybridized carbons (Fsp3) is 0.294. The third-order valence-electron chi connectivity index (χ3n) is 3.55. The van der Waals surface area contributed by atoms with Crippen molar-refractivity contribution < 1.29 is 17.9 Å². The second kappa shape index (κ2) is 5.92. The molecule has 3 rings (SSSR count). The Bertz CT molecular complexity index is 761. The number of pyridine rings is 1. The van der Waals surface area contributed by atoms with Crippen LogP contribution in [0.15, 0.2) is 36.4 Å². The molecule has 1 heterocycles. The van der Waals surface area contributed by atoms with E-state index in [1.165, 1.54) is 18.2 Å². The third kappa shape index (κ3) is 3.81. The number of ether oxygens (including phenoxy) is 1. The Kier molecular flexibility index (Phi) is 3.95. The van der Waals surface area contributed by atoms with Crippen LogP contribution >= 0.6 is 0 Å². The van der Waals surface area contributed by atoms with Crippen molar-refractivity contribution in [3.63, 3.8) is 0 Å². The van der Waals surface area contributed by atoms with Crippen LogP contribution < -0.4 is 4.74 Å². The van der Waals surface area contributed by atoms with Crippen LogP contribution in [-0.2, 0) is 6.18 Å². The standard InChI is InChI=1S/C17H13F3N2O/c18-17(19,20)16-3-1-2-15(22-16)13-6-12(9-21)7-14(8-13)23-10-11-4-5-11/h1-3,6-8,11H,4-5,10H2. The van der Waals surface area contributed by atoms with Crippen LogP contribution in [0.25, 0.3) is 11.3 Å². The third-order valence-corrected chi connectivity index (χ3v) is 3.55. The van der Waals surface area contributed by atoms with E-state index in [1.807, 2.05) is 6.07 Å². The Hall–Kier alpha value is -2.55. The van der Waals surface area contributed by atoms with E-state index in [1.54, 1.807) is 12.1 Å². The van der Waals surface area contributed by atoms with Crippen LogP contribution in [0.2, 0.25) is 0 Å². The summed E-state index contributed by atoms with van der Waals surface area (Å²) in [5.74, 6) is 1.01. The molecule has 0 saturated heterocycles. The average Bonchev–Trinajstić information content (AvgIpc) is 3.36. The molecule has 0 bridgehead atoms. The van der Waals surface area contributed by atoms with Gasteiger partial charge in [0.05, 0.1) is 23.9 Å². The predicted molar refractivity (Wildman–Crippen MR) is 77.6 cm³/mol. The van der Waals surface area contributed by atoms with E-state index in [9.17, 15) is 13.2 Å². The maximum atomic E-state index is 12.8. The van der Waals surface area contributed by atoms with Gasteiger partial charge in [0.25, 0.3) is 0 Å². The van der Waals surface area contributed by atoms with E-state index < -0.39 is 11.9 Å². The minimum Gasteiger partial charge on any atom is -0.493 e. The summed E-state index contributed by atoms with van der Waals surface area (Å²) in [6.45, 7) is 0.560. The van der Waals surface area contributed by atoms with Crippen molar-refractivity contribution in [2.45, 2.75) is 19.0 Å². The van der Waals surface area contributed by atoms with E-state index in [0.717, 1.165) is 18.9 Å². The van der Waals surface area contributed by atoms with Gasteiger partial charge >= 0.3 is 6.18 Å². The lowest BCUT2D eigenvalue weighted by atomic mass is 10.1. The molecular formula is C17H13F3N2O. The van der Waals surface area contributed by atoms with Gasteiger partial charge in [-0.1, -0.05) is 6.07 Å². The van der Waals surface area contributed by atoms with Gasteiger partial charge in [-0.25, -0.2) is 4.98 Å². The molecule has 1 fully saturated rings. The zero-order chi connectivity index (χ0) is 16.4. The first kappa shape index (κ1) is 15.3. The largest absolute Gasteiger partial charge is 0.493 e. The predicted octanol–water partition coefficient (Wildman–Crippen LogP) is 4.43. The molecule has 1 aliphatic rings. The van der Waals surface area contributed by atoms with Crippen molar-refractivity contribution in [3.8, 4) is 23.1 Å². The minimum absolute atomic E-state index is 0.160. The molecule has 0 atom stereocenters. The fourth-order valence-corrected chi connectivity index (χ4v) is 2.15. The number of nitriles is 1. The number of alkyl halides is 3. The number of benzene rings is 1. The van der Waals surface area contributed by atoms with Crippen LogP contribution in [0.1, 0.15) is 24.1 Å². The van der Waals surface area contributed by atoms with E-state index in [4.69, 9.17) is 10.00 Å². The smallest absolute Gasteiger partial charge is 0.433 e. The summed E-state index contributed by atoms with van der Waals surface area (Å²) < 4.78 is 44.0. The number of hydrogen-bond donors (Lipinski definition) is 0. The molecule has 1 saturated carbocycles. The summed E-state index contributed by atoms with van der Waals surface area (Å²) in [6.07, 6.45) is -2.26. The Morgan fingerprint density at radius 3 is 2.65 bits per heavy atom. The van der Waals surface area contributed by atoms with Crippen LogP contribution in [0.5, 0.6) is 5.75 Å². The molecule has 0 amide bonds. The first-order valence-electron chi connectivity index (χ1n) is 7.18. The number of nitrogens with zero attached hydrogens (tertiary/aromatic N) is 2. The molecule has 1 aromatic carbocycles. The minimum atomic E-state index is -4.51. The van der Waals surface area contributed by atoms with E-state index in [-0.39, 0.29) is 5.69 Å². The first-order valence-corrected chi connectivity index (χ1v) is 7.18. The number of halogens is 3. The van der Waals surface area contributed by atoms with Gasteiger partial charge in [-0.3, -0.25) is 0 Å². The zero-order valence-electron chi connectivity index (χ0n) is 12.1. The Balaban J connectivity index is 1.94. The van der Waals surface area contributed by atoms with E-state index in [2.05, 4.69) is 4.98 Å². The second-order valence-electron chi connectivity index (χ2n) is 5.52. The molecule has 23 heavy (non-hydrogen) atoms. The maximum Gasteiger partial charge on any atom is 0.433 e. The Labute approximate surface area is 131 Å². The molecule has 1 aliphatic carbocycles. The van der Waals surface area contributed by atoms with Gasteiger partial charge in [-0.05, 0) is 49.1 Å². The lowest BCUT2D eigenvalue weighted by Crippen LogP contribution is -2.08. The normalized spacial score (nSPS) is 14.3. The van der Waals surface area contributed by atoms with Crippen molar-refractivity contribution in [2.75, 3.05) is 6.61 Å². The molecular weight excluding hydrogens is 305 g/mol. The quantitative estimate of drug-likeness (QED) is 0.838. The highest BCUT2D eigenvalue weighted by atomic mass is 19.4. The molecule has 0 N–H and O–H groups in total. The molecule has 0 spiro atoms. The van der Waals surface area contributed by atoms with Crippen LogP contribution in [0.4, 0.5) is 13.2 Å². The number of hydrogen-bond acceptors (Lipinski definition) is 3. The summed E-state index contributed by atoms with van der Waals surface area (Å²) in [5.41, 5.74) is -0.0422. The van der Waals surface area contributed by atoms with E-state index >= 15 is 0 Å². The fourth-order valence-electron chi connectivity index (χ4n) is 2.15. The molecule has 0 radical (unpaired) electrons. The van der Waals surface area contributed by atoms with Gasteiger partial charge in [-0.15, -0.1) is 0 Å². The van der Waals surface area contributed by atoms with Crippen LogP contribution in [0, 0.1) is 17.2 Å². The van der Waals surface area contributed by atoms with Gasteiger partial charge < -0.3 is 4.74 Å². The highest BCUT2D eigenvalue weighted by Crippen LogP contribution is 2.32. The molecule has 1 aromatic heterocycles. The van der Waals surface area contributed by atoms with E-state index in [0.29, 0.717) is 29.4 Å². The van der Waals surface area contributed by atoms with Crippen molar-refractivity contribution in [2.24, 2.45) is 5.92 Å². The van der Waals surface area contributed by atoms with Crippen molar-refractivity contribution in [1.29, 1.82) is 5.26 Å². The van der Waals surface area contributed by atoms with Crippen molar-refractivity contribution in [3.05, 3.63) is 47.7 Å². The van der Waals surface area contributed by atoms with Crippen molar-refractivity contribution in [1.82, 2.24) is 4.98 Å². The van der Waals surface area contributed by atoms with Gasteiger partial charge in [0.15, 0.2) is 0 Å². The SMILES string of the molecule is N#Cc1cc(OCC2CC2)cc(-c2cccc(C(F)(F)F)n2)c1. The monoisotopic (exact) mass is 318 g/mol. The summed E-state index contributed by atoms with van der Waals surface area (Å²) in [4.78, 5) is 3.65. The molecule has 3 nitrogen and oxygen atoms in total. The molecule has 118 valence electrons.